The van der Waals surface area contributed by atoms with Gasteiger partial charge in [0.1, 0.15) is 6.10 Å². The molecule has 3 fully saturated rings. The van der Waals surface area contributed by atoms with E-state index in [2.05, 4.69) is 28.9 Å². The molecule has 1 unspecified atom stereocenters. The van der Waals surface area contributed by atoms with E-state index in [0.717, 1.165) is 36.9 Å². The summed E-state index contributed by atoms with van der Waals surface area (Å²) in [5.74, 6) is 1.00. The van der Waals surface area contributed by atoms with Crippen molar-refractivity contribution in [2.75, 3.05) is 5.33 Å². The van der Waals surface area contributed by atoms with Crippen LogP contribution in [0.2, 0.25) is 0 Å². The third kappa shape index (κ3) is 8.06. The molecule has 27 heavy (non-hydrogen) atoms. The number of ether oxygens (including phenoxy) is 1. The van der Waals surface area contributed by atoms with E-state index in [0.29, 0.717) is 0 Å². The first kappa shape index (κ1) is 23.2. The molecule has 0 aromatic heterocycles. The average Bonchev–Trinajstić information content (AvgIpc) is 2.72. The molecule has 0 aromatic carbocycles. The van der Waals surface area contributed by atoms with Crippen LogP contribution in [0.15, 0.2) is 0 Å². The van der Waals surface area contributed by atoms with Crippen LogP contribution in [0, 0.1) is 36.2 Å². The fourth-order valence-corrected chi connectivity index (χ4v) is 5.44. The molecule has 3 aliphatic rings. The highest BCUT2D eigenvalue weighted by Crippen LogP contribution is 2.50. The Bertz CT molecular complexity index is 425. The number of fused-ring (bicyclic) bond motifs is 3. The Kier molecular flexibility index (Phi) is 11.4. The van der Waals surface area contributed by atoms with E-state index in [-0.39, 0.29) is 11.5 Å². The van der Waals surface area contributed by atoms with E-state index < -0.39 is 0 Å². The van der Waals surface area contributed by atoms with Crippen LogP contribution >= 0.6 is 15.9 Å². The zero-order chi connectivity index (χ0) is 19.4. The molecule has 1 saturated carbocycles. The minimum absolute atomic E-state index is 0.114. The van der Waals surface area contributed by atoms with Gasteiger partial charge in [0.05, 0.1) is 11.7 Å². The number of unbranched alkanes of at least 4 members (excludes halogenated alkanes) is 8. The monoisotopic (exact) mass is 437 g/mol. The lowest BCUT2D eigenvalue weighted by molar-refractivity contribution is -0.125. The summed E-state index contributed by atoms with van der Waals surface area (Å²) in [5, 5.41) is 10.4. The molecule has 0 amide bonds. The van der Waals surface area contributed by atoms with Crippen LogP contribution in [0.25, 0.3) is 0 Å². The van der Waals surface area contributed by atoms with Crippen LogP contribution in [0.5, 0.6) is 0 Å². The van der Waals surface area contributed by atoms with Gasteiger partial charge in [-0.05, 0) is 50.9 Å². The second kappa shape index (κ2) is 13.2. The van der Waals surface area contributed by atoms with Gasteiger partial charge in [-0.3, -0.25) is 0 Å². The van der Waals surface area contributed by atoms with Crippen molar-refractivity contribution >= 4 is 15.9 Å². The summed E-state index contributed by atoms with van der Waals surface area (Å²) in [7, 11) is 0. The second-order valence-corrected chi connectivity index (χ2v) is 9.41. The maximum absolute atomic E-state index is 9.40. The molecule has 2 saturated heterocycles. The summed E-state index contributed by atoms with van der Waals surface area (Å²) < 4.78 is 6.39. The molecular formula is C24H40BrNO. The lowest BCUT2D eigenvalue weighted by Gasteiger charge is -2.49. The SMILES string of the molecule is [CH2]CCCCCCCCC(C#N)CCCCC[C]1OC2(CBr)CCC1CC2. The fraction of sp³-hybridized carbons (Fsp3) is 0.875. The first-order chi connectivity index (χ1) is 13.2. The van der Waals surface area contributed by atoms with E-state index in [1.165, 1.54) is 89.6 Å². The minimum Gasteiger partial charge on any atom is -0.364 e. The van der Waals surface area contributed by atoms with E-state index >= 15 is 0 Å². The maximum Gasteiger partial charge on any atom is 0.101 e. The predicted octanol–water partition coefficient (Wildman–Crippen LogP) is 7.92. The summed E-state index contributed by atoms with van der Waals surface area (Å²) in [4.78, 5) is 0. The lowest BCUT2D eigenvalue weighted by atomic mass is 9.72. The quantitative estimate of drug-likeness (QED) is 0.192. The lowest BCUT2D eigenvalue weighted by Crippen LogP contribution is -2.47. The number of nitriles is 1. The Morgan fingerprint density at radius 1 is 1.00 bits per heavy atom. The zero-order valence-corrected chi connectivity index (χ0v) is 18.9. The first-order valence-electron chi connectivity index (χ1n) is 11.5. The van der Waals surface area contributed by atoms with Gasteiger partial charge < -0.3 is 4.74 Å². The number of rotatable bonds is 15. The van der Waals surface area contributed by atoms with Gasteiger partial charge in [0.2, 0.25) is 0 Å². The van der Waals surface area contributed by atoms with Crippen molar-refractivity contribution in [2.24, 2.45) is 11.8 Å². The molecule has 2 heterocycles. The van der Waals surface area contributed by atoms with Gasteiger partial charge in [0.15, 0.2) is 0 Å². The van der Waals surface area contributed by atoms with E-state index in [4.69, 9.17) is 4.74 Å². The van der Waals surface area contributed by atoms with Crippen LogP contribution in [0.1, 0.15) is 109 Å². The summed E-state index contributed by atoms with van der Waals surface area (Å²) in [6.07, 6.45) is 22.3. The topological polar surface area (TPSA) is 33.0 Å². The molecule has 1 atom stereocenters. The van der Waals surface area contributed by atoms with Gasteiger partial charge in [-0.15, -0.1) is 0 Å². The van der Waals surface area contributed by atoms with Gasteiger partial charge in [0, 0.05) is 11.2 Å². The maximum atomic E-state index is 9.40. The molecule has 3 rings (SSSR count). The van der Waals surface area contributed by atoms with Gasteiger partial charge in [-0.1, -0.05) is 87.1 Å². The van der Waals surface area contributed by atoms with E-state index in [1.54, 1.807) is 0 Å². The number of hydrogen-bond donors (Lipinski definition) is 0. The largest absolute Gasteiger partial charge is 0.364 e. The van der Waals surface area contributed by atoms with Crippen molar-refractivity contribution in [1.82, 2.24) is 0 Å². The highest BCUT2D eigenvalue weighted by Gasteiger charge is 2.46. The molecule has 2 aliphatic heterocycles. The molecule has 2 radical (unpaired) electrons. The number of nitrogens with zero attached hydrogens (tertiary/aromatic N) is 1. The minimum atomic E-state index is 0.114. The third-order valence-corrected chi connectivity index (χ3v) is 7.68. The van der Waals surface area contributed by atoms with Crippen molar-refractivity contribution in [3.63, 3.8) is 0 Å². The average molecular weight is 438 g/mol. The van der Waals surface area contributed by atoms with Gasteiger partial charge in [0.25, 0.3) is 0 Å². The van der Waals surface area contributed by atoms with Crippen molar-refractivity contribution in [2.45, 2.75) is 115 Å². The van der Waals surface area contributed by atoms with Crippen LogP contribution in [-0.2, 0) is 4.74 Å². The number of halogens is 1. The molecule has 154 valence electrons. The normalized spacial score (nSPS) is 26.2. The van der Waals surface area contributed by atoms with Crippen molar-refractivity contribution < 1.29 is 4.74 Å². The fourth-order valence-electron chi connectivity index (χ4n) is 4.76. The zero-order valence-electron chi connectivity index (χ0n) is 17.3. The Morgan fingerprint density at radius 3 is 2.19 bits per heavy atom. The molecule has 1 aliphatic carbocycles. The van der Waals surface area contributed by atoms with E-state index in [9.17, 15) is 5.26 Å². The van der Waals surface area contributed by atoms with Crippen LogP contribution < -0.4 is 0 Å². The predicted molar refractivity (Wildman–Crippen MR) is 117 cm³/mol. The van der Waals surface area contributed by atoms with Crippen LogP contribution in [0.3, 0.4) is 0 Å². The molecule has 0 spiro atoms. The summed E-state index contributed by atoms with van der Waals surface area (Å²) in [5.41, 5.74) is 0.114. The number of hydrogen-bond acceptors (Lipinski definition) is 2. The Morgan fingerprint density at radius 2 is 1.59 bits per heavy atom. The van der Waals surface area contributed by atoms with Gasteiger partial charge in [-0.25, -0.2) is 0 Å². The standard InChI is InChI=1S/C24H40BrNO/c1-2-3-4-5-6-7-9-12-21(19-26)13-10-8-11-14-23-22-15-17-24(20-25,27-23)18-16-22/h21-22H,1-18,20H2. The summed E-state index contributed by atoms with van der Waals surface area (Å²) in [6, 6.07) is 2.54. The highest BCUT2D eigenvalue weighted by molar-refractivity contribution is 9.09. The molecular weight excluding hydrogens is 398 g/mol. The molecule has 0 N–H and O–H groups in total. The van der Waals surface area contributed by atoms with Crippen LogP contribution in [-0.4, -0.2) is 10.9 Å². The molecule has 2 bridgehead atoms. The van der Waals surface area contributed by atoms with Gasteiger partial charge >= 0.3 is 0 Å². The van der Waals surface area contributed by atoms with Crippen molar-refractivity contribution in [3.8, 4) is 6.07 Å². The third-order valence-electron chi connectivity index (χ3n) is 6.65. The summed E-state index contributed by atoms with van der Waals surface area (Å²) >= 11 is 3.67. The van der Waals surface area contributed by atoms with Gasteiger partial charge in [-0.2, -0.15) is 5.26 Å². The first-order valence-corrected chi connectivity index (χ1v) is 12.6. The Hall–Kier alpha value is -0.0700. The second-order valence-electron chi connectivity index (χ2n) is 8.85. The van der Waals surface area contributed by atoms with Crippen molar-refractivity contribution in [1.29, 1.82) is 5.26 Å². The molecule has 3 heteroatoms. The van der Waals surface area contributed by atoms with Crippen molar-refractivity contribution in [3.05, 3.63) is 13.0 Å². The van der Waals surface area contributed by atoms with E-state index in [1.807, 2.05) is 0 Å². The Balaban J connectivity index is 1.48. The molecule has 0 aromatic rings. The Labute approximate surface area is 176 Å². The molecule has 2 nitrogen and oxygen atoms in total. The highest BCUT2D eigenvalue weighted by atomic mass is 79.9. The number of alkyl halides is 1. The van der Waals surface area contributed by atoms with Crippen LogP contribution in [0.4, 0.5) is 0 Å². The summed E-state index contributed by atoms with van der Waals surface area (Å²) in [6.45, 7) is 3.89. The smallest absolute Gasteiger partial charge is 0.101 e.